The predicted octanol–water partition coefficient (Wildman–Crippen LogP) is 5.19. The van der Waals surface area contributed by atoms with E-state index in [9.17, 15) is 0 Å². The van der Waals surface area contributed by atoms with Crippen LogP contribution in [-0.2, 0) is 6.54 Å². The molecule has 0 bridgehead atoms. The van der Waals surface area contributed by atoms with Gasteiger partial charge in [-0.05, 0) is 42.0 Å². The summed E-state index contributed by atoms with van der Waals surface area (Å²) in [7, 11) is 0. The maximum absolute atomic E-state index is 4.03. The van der Waals surface area contributed by atoms with Gasteiger partial charge in [0.1, 0.15) is 0 Å². The highest BCUT2D eigenvalue weighted by Crippen LogP contribution is 2.30. The summed E-state index contributed by atoms with van der Waals surface area (Å²) in [6.07, 6.45) is 6.66. The van der Waals surface area contributed by atoms with Crippen LogP contribution in [0.15, 0.2) is 73.5 Å². The van der Waals surface area contributed by atoms with Gasteiger partial charge in [-0.3, -0.25) is 0 Å². The van der Waals surface area contributed by atoms with Gasteiger partial charge in [-0.2, -0.15) is 0 Å². The van der Waals surface area contributed by atoms with Crippen LogP contribution in [0.1, 0.15) is 29.5 Å². The molecule has 1 aliphatic rings. The lowest BCUT2D eigenvalue weighted by atomic mass is 9.94. The summed E-state index contributed by atoms with van der Waals surface area (Å²) in [5.74, 6) is 0. The molecular formula is C21H23N. The first kappa shape index (κ1) is 14.6. The molecule has 0 radical (unpaired) electrons. The third-order valence-electron chi connectivity index (χ3n) is 4.49. The second kappa shape index (κ2) is 6.65. The lowest BCUT2D eigenvalue weighted by Gasteiger charge is -2.34. The van der Waals surface area contributed by atoms with Gasteiger partial charge in [0.15, 0.2) is 0 Å². The molecule has 1 aliphatic heterocycles. The minimum absolute atomic E-state index is 0.423. The van der Waals surface area contributed by atoms with Gasteiger partial charge in [-0.1, -0.05) is 60.7 Å². The second-order valence-corrected chi connectivity index (χ2v) is 5.96. The number of hydrogen-bond donors (Lipinski definition) is 0. The van der Waals surface area contributed by atoms with Crippen molar-refractivity contribution in [3.8, 4) is 0 Å². The smallest absolute Gasteiger partial charge is 0.0472 e. The lowest BCUT2D eigenvalue weighted by Crippen LogP contribution is -2.31. The molecule has 112 valence electrons. The van der Waals surface area contributed by atoms with E-state index >= 15 is 0 Å². The molecule has 0 unspecified atom stereocenters. The first-order valence-corrected chi connectivity index (χ1v) is 7.97. The van der Waals surface area contributed by atoms with Crippen LogP contribution in [0.25, 0.3) is 5.57 Å². The average Bonchev–Trinajstić information content (AvgIpc) is 2.58. The Balaban J connectivity index is 1.89. The number of rotatable bonds is 4. The van der Waals surface area contributed by atoms with Crippen molar-refractivity contribution in [2.45, 2.75) is 32.4 Å². The second-order valence-electron chi connectivity index (χ2n) is 5.96. The van der Waals surface area contributed by atoms with Crippen LogP contribution in [0, 0.1) is 6.92 Å². The molecule has 0 saturated heterocycles. The molecular weight excluding hydrogens is 266 g/mol. The quantitative estimate of drug-likeness (QED) is 0.700. The first-order chi connectivity index (χ1) is 10.8. The van der Waals surface area contributed by atoms with Gasteiger partial charge >= 0.3 is 0 Å². The van der Waals surface area contributed by atoms with Gasteiger partial charge in [-0.25, -0.2) is 0 Å². The van der Waals surface area contributed by atoms with Crippen LogP contribution in [0.4, 0.5) is 0 Å². The highest BCUT2D eigenvalue weighted by atomic mass is 15.1. The van der Waals surface area contributed by atoms with Crippen LogP contribution in [0.3, 0.4) is 0 Å². The van der Waals surface area contributed by atoms with E-state index in [2.05, 4.69) is 85.3 Å². The minimum Gasteiger partial charge on any atom is -0.366 e. The zero-order chi connectivity index (χ0) is 15.4. The molecule has 0 fully saturated rings. The largest absolute Gasteiger partial charge is 0.366 e. The predicted molar refractivity (Wildman–Crippen MR) is 94.4 cm³/mol. The Hall–Kier alpha value is -2.28. The summed E-state index contributed by atoms with van der Waals surface area (Å²) < 4.78 is 0. The molecule has 2 aromatic rings. The van der Waals surface area contributed by atoms with E-state index in [1.165, 1.54) is 22.3 Å². The van der Waals surface area contributed by atoms with E-state index in [-0.39, 0.29) is 0 Å². The molecule has 1 atom stereocenters. The molecule has 0 N–H and O–H groups in total. The molecule has 0 aromatic heterocycles. The van der Waals surface area contributed by atoms with Crippen LogP contribution < -0.4 is 0 Å². The van der Waals surface area contributed by atoms with Crippen LogP contribution >= 0.6 is 0 Å². The number of nitrogens with zero attached hydrogens (tertiary/aromatic N) is 1. The van der Waals surface area contributed by atoms with E-state index in [4.69, 9.17) is 0 Å². The summed E-state index contributed by atoms with van der Waals surface area (Å²) in [5, 5.41) is 0. The highest BCUT2D eigenvalue weighted by molar-refractivity contribution is 5.66. The van der Waals surface area contributed by atoms with E-state index in [1.54, 1.807) is 0 Å². The molecule has 2 aromatic carbocycles. The fourth-order valence-electron chi connectivity index (χ4n) is 3.10. The Morgan fingerprint density at radius 2 is 1.82 bits per heavy atom. The Labute approximate surface area is 133 Å². The standard InChI is InChI=1S/C21H23N/c1-3-21-14-13-20(18-10-5-4-6-11-18)16-22(21)15-19-12-8-7-9-17(19)2/h3-12,16,21H,1,13-15H2,2H3/t21-/m0/s1. The average molecular weight is 289 g/mol. The first-order valence-electron chi connectivity index (χ1n) is 7.97. The van der Waals surface area contributed by atoms with Crippen molar-refractivity contribution in [1.82, 2.24) is 4.90 Å². The van der Waals surface area contributed by atoms with Crippen molar-refractivity contribution in [2.75, 3.05) is 0 Å². The number of aryl methyl sites for hydroxylation is 1. The van der Waals surface area contributed by atoms with Gasteiger partial charge in [-0.15, -0.1) is 6.58 Å². The van der Waals surface area contributed by atoms with Gasteiger partial charge < -0.3 is 4.90 Å². The highest BCUT2D eigenvalue weighted by Gasteiger charge is 2.20. The Kier molecular flexibility index (Phi) is 4.43. The fraction of sp³-hybridized carbons (Fsp3) is 0.238. The summed E-state index contributed by atoms with van der Waals surface area (Å²) >= 11 is 0. The zero-order valence-electron chi connectivity index (χ0n) is 13.2. The third-order valence-corrected chi connectivity index (χ3v) is 4.49. The van der Waals surface area contributed by atoms with Crippen molar-refractivity contribution in [3.63, 3.8) is 0 Å². The van der Waals surface area contributed by atoms with Crippen molar-refractivity contribution in [3.05, 3.63) is 90.1 Å². The summed E-state index contributed by atoms with van der Waals surface area (Å²) in [6, 6.07) is 19.8. The fourth-order valence-corrected chi connectivity index (χ4v) is 3.10. The topological polar surface area (TPSA) is 3.24 Å². The Morgan fingerprint density at radius 3 is 2.55 bits per heavy atom. The molecule has 0 spiro atoms. The summed E-state index contributed by atoms with van der Waals surface area (Å²) in [5.41, 5.74) is 5.50. The van der Waals surface area contributed by atoms with Gasteiger partial charge in [0.2, 0.25) is 0 Å². The minimum atomic E-state index is 0.423. The van der Waals surface area contributed by atoms with Crippen LogP contribution in [-0.4, -0.2) is 10.9 Å². The van der Waals surface area contributed by atoms with E-state index in [0.717, 1.165) is 19.4 Å². The normalized spacial score (nSPS) is 18.0. The van der Waals surface area contributed by atoms with Crippen molar-refractivity contribution < 1.29 is 0 Å². The molecule has 0 saturated carbocycles. The van der Waals surface area contributed by atoms with Crippen molar-refractivity contribution in [1.29, 1.82) is 0 Å². The number of allylic oxidation sites excluding steroid dienone is 1. The zero-order valence-corrected chi connectivity index (χ0v) is 13.2. The third kappa shape index (κ3) is 3.14. The Morgan fingerprint density at radius 1 is 1.09 bits per heavy atom. The van der Waals surface area contributed by atoms with E-state index in [1.807, 2.05) is 0 Å². The molecule has 1 nitrogen and oxygen atoms in total. The van der Waals surface area contributed by atoms with Gasteiger partial charge in [0.05, 0.1) is 0 Å². The monoisotopic (exact) mass is 289 g/mol. The van der Waals surface area contributed by atoms with Gasteiger partial charge in [0.25, 0.3) is 0 Å². The van der Waals surface area contributed by atoms with Crippen molar-refractivity contribution in [2.24, 2.45) is 0 Å². The van der Waals surface area contributed by atoms with Crippen LogP contribution in [0.5, 0.6) is 0 Å². The maximum Gasteiger partial charge on any atom is 0.0472 e. The molecule has 1 heteroatoms. The summed E-state index contributed by atoms with van der Waals surface area (Å²) in [6.45, 7) is 7.15. The molecule has 0 amide bonds. The lowest BCUT2D eigenvalue weighted by molar-refractivity contribution is 0.289. The number of hydrogen-bond acceptors (Lipinski definition) is 1. The summed E-state index contributed by atoms with van der Waals surface area (Å²) in [4.78, 5) is 2.43. The molecule has 22 heavy (non-hydrogen) atoms. The van der Waals surface area contributed by atoms with Gasteiger partial charge in [0, 0.05) is 18.8 Å². The number of benzene rings is 2. The van der Waals surface area contributed by atoms with Crippen molar-refractivity contribution >= 4 is 5.57 Å². The Bertz CT molecular complexity index is 669. The maximum atomic E-state index is 4.03. The SMILES string of the molecule is C=C[C@H]1CCC(c2ccccc2)=CN1Cc1ccccc1C. The molecule has 3 rings (SSSR count). The van der Waals surface area contributed by atoms with E-state index < -0.39 is 0 Å². The van der Waals surface area contributed by atoms with Crippen LogP contribution in [0.2, 0.25) is 0 Å². The molecule has 0 aliphatic carbocycles. The van der Waals surface area contributed by atoms with E-state index in [0.29, 0.717) is 6.04 Å². The molecule has 1 heterocycles.